The molecule has 4 heteroatoms. The minimum absolute atomic E-state index is 0.198. The molecular weight excluding hydrogens is 260 g/mol. The normalized spacial score (nSPS) is 25.5. The fourth-order valence-electron chi connectivity index (χ4n) is 3.11. The lowest BCUT2D eigenvalue weighted by Crippen LogP contribution is -2.36. The summed E-state index contributed by atoms with van der Waals surface area (Å²) in [6.07, 6.45) is 3.56. The highest BCUT2D eigenvalue weighted by Gasteiger charge is 2.32. The third-order valence-electron chi connectivity index (χ3n) is 4.13. The van der Waals surface area contributed by atoms with Gasteiger partial charge in [-0.15, -0.1) is 0 Å². The second-order valence-corrected chi connectivity index (χ2v) is 6.54. The monoisotopic (exact) mass is 283 g/mol. The lowest BCUT2D eigenvalue weighted by atomic mass is 9.70. The molecule has 0 aliphatic heterocycles. The molecule has 1 aromatic carbocycles. The zero-order chi connectivity index (χ0) is 14.8. The molecule has 1 fully saturated rings. The maximum absolute atomic E-state index is 12.1. The van der Waals surface area contributed by atoms with Gasteiger partial charge >= 0.3 is 6.61 Å². The Bertz CT molecular complexity index is 431. The number of hydrogen-bond acceptors (Lipinski definition) is 2. The van der Waals surface area contributed by atoms with Gasteiger partial charge in [0.2, 0.25) is 0 Å². The van der Waals surface area contributed by atoms with Crippen molar-refractivity contribution in [2.75, 3.05) is 5.32 Å². The maximum Gasteiger partial charge on any atom is 0.387 e. The van der Waals surface area contributed by atoms with Crippen molar-refractivity contribution in [2.24, 2.45) is 11.3 Å². The Morgan fingerprint density at radius 3 is 2.45 bits per heavy atom. The van der Waals surface area contributed by atoms with Gasteiger partial charge in [-0.05, 0) is 54.9 Å². The van der Waals surface area contributed by atoms with E-state index in [1.54, 1.807) is 24.3 Å². The van der Waals surface area contributed by atoms with E-state index in [4.69, 9.17) is 0 Å². The molecule has 1 aromatic rings. The number of ether oxygens (including phenoxy) is 1. The second-order valence-electron chi connectivity index (χ2n) is 6.54. The first-order valence-electron chi connectivity index (χ1n) is 7.17. The van der Waals surface area contributed by atoms with Gasteiger partial charge in [-0.3, -0.25) is 0 Å². The van der Waals surface area contributed by atoms with Gasteiger partial charge in [0.25, 0.3) is 0 Å². The molecule has 1 aliphatic rings. The van der Waals surface area contributed by atoms with Gasteiger partial charge in [-0.25, -0.2) is 0 Å². The Labute approximate surface area is 119 Å². The van der Waals surface area contributed by atoms with Crippen LogP contribution in [0.3, 0.4) is 0 Å². The molecule has 1 N–H and O–H groups in total. The summed E-state index contributed by atoms with van der Waals surface area (Å²) in [6.45, 7) is 4.13. The van der Waals surface area contributed by atoms with E-state index in [2.05, 4.69) is 30.8 Å². The number of nitrogens with one attached hydrogen (secondary N) is 1. The van der Waals surface area contributed by atoms with E-state index >= 15 is 0 Å². The summed E-state index contributed by atoms with van der Waals surface area (Å²) in [5.41, 5.74) is 1.38. The van der Waals surface area contributed by atoms with Crippen molar-refractivity contribution in [3.05, 3.63) is 24.3 Å². The Kier molecular flexibility index (Phi) is 4.51. The molecular formula is C16H23F2NO. The minimum atomic E-state index is -2.77. The van der Waals surface area contributed by atoms with Crippen LogP contribution in [0.4, 0.5) is 14.5 Å². The van der Waals surface area contributed by atoms with Crippen LogP contribution in [-0.2, 0) is 0 Å². The van der Waals surface area contributed by atoms with Gasteiger partial charge in [-0.1, -0.05) is 20.8 Å². The first-order chi connectivity index (χ1) is 9.35. The van der Waals surface area contributed by atoms with Crippen LogP contribution < -0.4 is 10.1 Å². The van der Waals surface area contributed by atoms with Crippen molar-refractivity contribution in [3.63, 3.8) is 0 Å². The lowest BCUT2D eigenvalue weighted by molar-refractivity contribution is -0.0498. The zero-order valence-electron chi connectivity index (χ0n) is 12.3. The van der Waals surface area contributed by atoms with Crippen LogP contribution in [0.2, 0.25) is 0 Å². The van der Waals surface area contributed by atoms with Crippen molar-refractivity contribution < 1.29 is 13.5 Å². The number of alkyl halides is 2. The Morgan fingerprint density at radius 2 is 1.90 bits per heavy atom. The summed E-state index contributed by atoms with van der Waals surface area (Å²) in [6, 6.07) is 7.19. The highest BCUT2D eigenvalue weighted by atomic mass is 19.3. The first-order valence-corrected chi connectivity index (χ1v) is 7.17. The van der Waals surface area contributed by atoms with Crippen molar-refractivity contribution in [1.29, 1.82) is 0 Å². The molecule has 2 nitrogen and oxygen atoms in total. The lowest BCUT2D eigenvalue weighted by Gasteiger charge is -2.40. The van der Waals surface area contributed by atoms with E-state index in [0.29, 0.717) is 17.4 Å². The highest BCUT2D eigenvalue weighted by molar-refractivity contribution is 5.47. The van der Waals surface area contributed by atoms with E-state index < -0.39 is 6.61 Å². The molecule has 0 spiro atoms. The van der Waals surface area contributed by atoms with Gasteiger partial charge in [0.1, 0.15) is 5.75 Å². The van der Waals surface area contributed by atoms with E-state index in [1.807, 2.05) is 0 Å². The fraction of sp³-hybridized carbons (Fsp3) is 0.625. The summed E-state index contributed by atoms with van der Waals surface area (Å²) < 4.78 is 28.5. The Balaban J connectivity index is 1.93. The molecule has 0 amide bonds. The van der Waals surface area contributed by atoms with E-state index in [9.17, 15) is 8.78 Å². The maximum atomic E-state index is 12.1. The van der Waals surface area contributed by atoms with Crippen LogP contribution in [0.5, 0.6) is 5.75 Å². The molecule has 2 rings (SSSR count). The quantitative estimate of drug-likeness (QED) is 0.847. The zero-order valence-corrected chi connectivity index (χ0v) is 12.3. The molecule has 1 saturated carbocycles. The van der Waals surface area contributed by atoms with Crippen LogP contribution >= 0.6 is 0 Å². The summed E-state index contributed by atoms with van der Waals surface area (Å²) >= 11 is 0. The van der Waals surface area contributed by atoms with Crippen LogP contribution in [0.1, 0.15) is 40.0 Å². The molecule has 0 heterocycles. The van der Waals surface area contributed by atoms with Gasteiger partial charge in [0.15, 0.2) is 0 Å². The van der Waals surface area contributed by atoms with Crippen LogP contribution in [0.15, 0.2) is 24.3 Å². The molecule has 20 heavy (non-hydrogen) atoms. The standard InChI is InChI=1S/C16H23F2NO/c1-11-10-16(2,3)9-8-14(11)19-12-4-6-13(7-5-12)20-15(17)18/h4-7,11,14-15,19H,8-10H2,1-3H3. The largest absolute Gasteiger partial charge is 0.435 e. The van der Waals surface area contributed by atoms with E-state index in [0.717, 1.165) is 12.1 Å². The summed E-state index contributed by atoms with van der Waals surface area (Å²) in [5.74, 6) is 0.805. The second kappa shape index (κ2) is 5.98. The van der Waals surface area contributed by atoms with Crippen molar-refractivity contribution >= 4 is 5.69 Å². The number of halogens is 2. The van der Waals surface area contributed by atoms with Gasteiger partial charge in [0, 0.05) is 11.7 Å². The SMILES string of the molecule is CC1CC(C)(C)CCC1Nc1ccc(OC(F)F)cc1. The molecule has 0 saturated heterocycles. The Morgan fingerprint density at radius 1 is 1.25 bits per heavy atom. The smallest absolute Gasteiger partial charge is 0.387 e. The Hall–Kier alpha value is -1.32. The van der Waals surface area contributed by atoms with Crippen molar-refractivity contribution in [3.8, 4) is 5.75 Å². The van der Waals surface area contributed by atoms with Gasteiger partial charge in [-0.2, -0.15) is 8.78 Å². The highest BCUT2D eigenvalue weighted by Crippen LogP contribution is 2.39. The molecule has 1 aliphatic carbocycles. The predicted molar refractivity (Wildman–Crippen MR) is 77.3 cm³/mol. The number of rotatable bonds is 4. The van der Waals surface area contributed by atoms with Crippen LogP contribution in [0.25, 0.3) is 0 Å². The van der Waals surface area contributed by atoms with Crippen molar-refractivity contribution in [2.45, 2.75) is 52.7 Å². The van der Waals surface area contributed by atoms with Crippen LogP contribution in [-0.4, -0.2) is 12.7 Å². The van der Waals surface area contributed by atoms with Gasteiger partial charge in [0.05, 0.1) is 0 Å². The average molecular weight is 283 g/mol. The third-order valence-corrected chi connectivity index (χ3v) is 4.13. The molecule has 112 valence electrons. The fourth-order valence-corrected chi connectivity index (χ4v) is 3.11. The number of benzene rings is 1. The number of hydrogen-bond donors (Lipinski definition) is 1. The average Bonchev–Trinajstić information content (AvgIpc) is 2.34. The molecule has 2 atom stereocenters. The molecule has 2 unspecified atom stereocenters. The van der Waals surface area contributed by atoms with E-state index in [-0.39, 0.29) is 5.75 Å². The first kappa shape index (κ1) is 15.1. The molecule has 0 aromatic heterocycles. The topological polar surface area (TPSA) is 21.3 Å². The van der Waals surface area contributed by atoms with Crippen molar-refractivity contribution in [1.82, 2.24) is 0 Å². The molecule has 0 radical (unpaired) electrons. The molecule has 0 bridgehead atoms. The minimum Gasteiger partial charge on any atom is -0.435 e. The predicted octanol–water partition coefficient (Wildman–Crippen LogP) is 4.91. The summed E-state index contributed by atoms with van der Waals surface area (Å²) in [4.78, 5) is 0. The van der Waals surface area contributed by atoms with E-state index in [1.165, 1.54) is 12.8 Å². The number of anilines is 1. The third kappa shape index (κ3) is 4.09. The van der Waals surface area contributed by atoms with Gasteiger partial charge < -0.3 is 10.1 Å². The summed E-state index contributed by atoms with van der Waals surface area (Å²) in [5, 5.41) is 3.51. The summed E-state index contributed by atoms with van der Waals surface area (Å²) in [7, 11) is 0. The van der Waals surface area contributed by atoms with Crippen LogP contribution in [0, 0.1) is 11.3 Å².